The number of aliphatic imine (C=N–C) groups is 1. The van der Waals surface area contributed by atoms with Crippen molar-refractivity contribution in [2.45, 2.75) is 12.3 Å². The number of carbonyl (C=O) groups is 1. The van der Waals surface area contributed by atoms with E-state index in [0.29, 0.717) is 0 Å². The summed E-state index contributed by atoms with van der Waals surface area (Å²) in [6.07, 6.45) is 0.807. The highest BCUT2D eigenvalue weighted by molar-refractivity contribution is 5.94. The molecule has 1 aliphatic carbocycles. The Balaban J connectivity index is 2.02. The number of nitrogens with two attached hydrogens (primary N) is 2. The Morgan fingerprint density at radius 2 is 2.00 bits per heavy atom. The van der Waals surface area contributed by atoms with Crippen molar-refractivity contribution in [1.29, 1.82) is 0 Å². The predicted molar refractivity (Wildman–Crippen MR) is 64.7 cm³/mol. The number of benzene rings is 1. The minimum absolute atomic E-state index is 0.0782. The second-order valence-corrected chi connectivity index (χ2v) is 4.10. The van der Waals surface area contributed by atoms with Crippen LogP contribution >= 0.6 is 0 Å². The molecule has 1 aromatic rings. The van der Waals surface area contributed by atoms with Crippen LogP contribution in [0.5, 0.6) is 5.75 Å². The lowest BCUT2D eigenvalue weighted by atomic mass is 10.1. The minimum atomic E-state index is -0.231. The SMILES string of the molecule is COc1ccc(C2CC2C(=O)N=C(N)N)cc1. The number of rotatable bonds is 3. The van der Waals surface area contributed by atoms with Crippen molar-refractivity contribution in [2.24, 2.45) is 22.4 Å². The third kappa shape index (κ3) is 2.55. The fourth-order valence-corrected chi connectivity index (χ4v) is 1.90. The van der Waals surface area contributed by atoms with E-state index in [1.54, 1.807) is 7.11 Å². The number of methoxy groups -OCH3 is 1. The molecule has 0 bridgehead atoms. The van der Waals surface area contributed by atoms with Gasteiger partial charge in [0.1, 0.15) is 5.75 Å². The molecule has 0 aliphatic heterocycles. The number of amides is 1. The first-order chi connectivity index (χ1) is 8.11. The quantitative estimate of drug-likeness (QED) is 0.590. The maximum atomic E-state index is 11.6. The zero-order valence-corrected chi connectivity index (χ0v) is 9.59. The van der Waals surface area contributed by atoms with Crippen molar-refractivity contribution >= 4 is 11.9 Å². The molecule has 5 nitrogen and oxygen atoms in total. The zero-order valence-electron chi connectivity index (χ0n) is 9.59. The van der Waals surface area contributed by atoms with E-state index in [4.69, 9.17) is 16.2 Å². The number of hydrogen-bond acceptors (Lipinski definition) is 2. The molecule has 0 radical (unpaired) electrons. The molecule has 0 heterocycles. The maximum absolute atomic E-state index is 11.6. The molecule has 1 saturated carbocycles. The van der Waals surface area contributed by atoms with E-state index < -0.39 is 0 Å². The lowest BCUT2D eigenvalue weighted by Crippen LogP contribution is -2.24. The average Bonchev–Trinajstić information content (AvgIpc) is 3.08. The number of carbonyl (C=O) groups excluding carboxylic acids is 1. The second kappa shape index (κ2) is 4.45. The summed E-state index contributed by atoms with van der Waals surface area (Å²) in [7, 11) is 1.62. The van der Waals surface area contributed by atoms with Crippen molar-refractivity contribution in [1.82, 2.24) is 0 Å². The van der Waals surface area contributed by atoms with Gasteiger partial charge in [-0.3, -0.25) is 4.79 Å². The van der Waals surface area contributed by atoms with Crippen LogP contribution in [0.1, 0.15) is 17.9 Å². The van der Waals surface area contributed by atoms with Gasteiger partial charge in [-0.1, -0.05) is 12.1 Å². The molecule has 1 fully saturated rings. The zero-order chi connectivity index (χ0) is 12.4. The summed E-state index contributed by atoms with van der Waals surface area (Å²) in [6.45, 7) is 0. The molecule has 1 aromatic carbocycles. The predicted octanol–water partition coefficient (Wildman–Crippen LogP) is 0.599. The van der Waals surface area contributed by atoms with E-state index >= 15 is 0 Å². The van der Waals surface area contributed by atoms with Gasteiger partial charge in [0, 0.05) is 5.92 Å². The Hall–Kier alpha value is -2.04. The lowest BCUT2D eigenvalue weighted by molar-refractivity contribution is -0.119. The van der Waals surface area contributed by atoms with E-state index in [2.05, 4.69) is 4.99 Å². The summed E-state index contributed by atoms with van der Waals surface area (Å²) < 4.78 is 5.07. The van der Waals surface area contributed by atoms with Crippen LogP contribution in [0.3, 0.4) is 0 Å². The van der Waals surface area contributed by atoms with Gasteiger partial charge in [-0.05, 0) is 30.0 Å². The Morgan fingerprint density at radius 3 is 2.53 bits per heavy atom. The summed E-state index contributed by atoms with van der Waals surface area (Å²) in [5.41, 5.74) is 11.5. The summed E-state index contributed by atoms with van der Waals surface area (Å²) >= 11 is 0. The third-order valence-electron chi connectivity index (χ3n) is 2.89. The molecule has 90 valence electrons. The van der Waals surface area contributed by atoms with E-state index in [-0.39, 0.29) is 23.7 Å². The number of hydrogen-bond donors (Lipinski definition) is 2. The van der Waals surface area contributed by atoms with Gasteiger partial charge in [-0.15, -0.1) is 0 Å². The topological polar surface area (TPSA) is 90.7 Å². The van der Waals surface area contributed by atoms with Gasteiger partial charge in [0.15, 0.2) is 5.96 Å². The molecule has 1 aliphatic rings. The van der Waals surface area contributed by atoms with Crippen LogP contribution < -0.4 is 16.2 Å². The first-order valence-corrected chi connectivity index (χ1v) is 5.39. The number of nitrogens with zero attached hydrogens (tertiary/aromatic N) is 1. The summed E-state index contributed by atoms with van der Waals surface area (Å²) in [6, 6.07) is 7.70. The Bertz CT molecular complexity index is 449. The van der Waals surface area contributed by atoms with Gasteiger partial charge in [-0.25, -0.2) is 0 Å². The standard InChI is InChI=1S/C12H15N3O2/c1-17-8-4-2-7(3-5-8)9-6-10(9)11(16)15-12(13)14/h2-5,9-10H,6H2,1H3,(H4,13,14,15,16). The van der Waals surface area contributed by atoms with Crippen LogP contribution in [0.25, 0.3) is 0 Å². The molecule has 0 aromatic heterocycles. The molecule has 17 heavy (non-hydrogen) atoms. The van der Waals surface area contributed by atoms with Crippen LogP contribution in [0.15, 0.2) is 29.3 Å². The van der Waals surface area contributed by atoms with Gasteiger partial charge >= 0.3 is 0 Å². The van der Waals surface area contributed by atoms with Crippen molar-refractivity contribution in [3.8, 4) is 5.75 Å². The largest absolute Gasteiger partial charge is 0.497 e. The molecule has 0 spiro atoms. The third-order valence-corrected chi connectivity index (χ3v) is 2.89. The van der Waals surface area contributed by atoms with E-state index in [1.165, 1.54) is 0 Å². The Kier molecular flexibility index (Phi) is 2.99. The van der Waals surface area contributed by atoms with Crippen LogP contribution in [-0.2, 0) is 4.79 Å². The monoisotopic (exact) mass is 233 g/mol. The first kappa shape index (κ1) is 11.4. The van der Waals surface area contributed by atoms with Crippen molar-refractivity contribution in [3.05, 3.63) is 29.8 Å². The van der Waals surface area contributed by atoms with Crippen LogP contribution in [0, 0.1) is 5.92 Å². The molecule has 4 N–H and O–H groups in total. The highest BCUT2D eigenvalue weighted by atomic mass is 16.5. The van der Waals surface area contributed by atoms with E-state index in [0.717, 1.165) is 17.7 Å². The summed E-state index contributed by atoms with van der Waals surface area (Å²) in [5, 5.41) is 0. The maximum Gasteiger partial charge on any atom is 0.252 e. The molecule has 2 unspecified atom stereocenters. The highest BCUT2D eigenvalue weighted by Crippen LogP contribution is 2.48. The van der Waals surface area contributed by atoms with Crippen LogP contribution in [0.2, 0.25) is 0 Å². The van der Waals surface area contributed by atoms with Crippen molar-refractivity contribution < 1.29 is 9.53 Å². The molecule has 1 amide bonds. The van der Waals surface area contributed by atoms with Gasteiger partial charge in [0.05, 0.1) is 7.11 Å². The fourth-order valence-electron chi connectivity index (χ4n) is 1.90. The molecule has 0 saturated heterocycles. The van der Waals surface area contributed by atoms with Crippen molar-refractivity contribution in [3.63, 3.8) is 0 Å². The van der Waals surface area contributed by atoms with Crippen LogP contribution in [0.4, 0.5) is 0 Å². The smallest absolute Gasteiger partial charge is 0.252 e. The minimum Gasteiger partial charge on any atom is -0.497 e. The van der Waals surface area contributed by atoms with Gasteiger partial charge in [0.25, 0.3) is 5.91 Å². The normalized spacial score (nSPS) is 21.7. The lowest BCUT2D eigenvalue weighted by Gasteiger charge is -2.01. The Morgan fingerprint density at radius 1 is 1.35 bits per heavy atom. The molecular formula is C12H15N3O2. The van der Waals surface area contributed by atoms with Gasteiger partial charge in [0.2, 0.25) is 0 Å². The van der Waals surface area contributed by atoms with Crippen LogP contribution in [-0.4, -0.2) is 19.0 Å². The summed E-state index contributed by atoms with van der Waals surface area (Å²) in [5.74, 6) is 0.560. The van der Waals surface area contributed by atoms with E-state index in [9.17, 15) is 4.79 Å². The second-order valence-electron chi connectivity index (χ2n) is 4.10. The number of ether oxygens (including phenoxy) is 1. The first-order valence-electron chi connectivity index (χ1n) is 5.39. The molecule has 2 rings (SSSR count). The van der Waals surface area contributed by atoms with Gasteiger partial charge < -0.3 is 16.2 Å². The van der Waals surface area contributed by atoms with E-state index in [1.807, 2.05) is 24.3 Å². The molecule has 5 heteroatoms. The average molecular weight is 233 g/mol. The number of guanidine groups is 1. The fraction of sp³-hybridized carbons (Fsp3) is 0.333. The van der Waals surface area contributed by atoms with Gasteiger partial charge in [-0.2, -0.15) is 4.99 Å². The molecule has 2 atom stereocenters. The summed E-state index contributed by atoms with van der Waals surface area (Å²) in [4.78, 5) is 15.1. The molecular weight excluding hydrogens is 218 g/mol. The Labute approximate surface area is 99.5 Å². The highest BCUT2D eigenvalue weighted by Gasteiger charge is 2.43. The van der Waals surface area contributed by atoms with Crippen molar-refractivity contribution in [2.75, 3.05) is 7.11 Å².